The van der Waals surface area contributed by atoms with Crippen LogP contribution >= 0.6 is 15.9 Å². The number of aldehydes is 1. The normalized spacial score (nSPS) is 16.4. The first-order chi connectivity index (χ1) is 12.2. The maximum atomic E-state index is 11.3. The molecule has 4 nitrogen and oxygen atoms in total. The molecule has 1 atom stereocenters. The second-order valence-electron chi connectivity index (χ2n) is 6.42. The molecule has 0 amide bonds. The first-order valence-electron chi connectivity index (χ1n) is 8.34. The van der Waals surface area contributed by atoms with E-state index < -0.39 is 0 Å². The molecule has 0 spiro atoms. The topological polar surface area (TPSA) is 68.0 Å². The molecule has 2 aromatic carbocycles. The van der Waals surface area contributed by atoms with Gasteiger partial charge in [0.2, 0.25) is 0 Å². The van der Waals surface area contributed by atoms with E-state index in [0.717, 1.165) is 57.9 Å². The summed E-state index contributed by atoms with van der Waals surface area (Å²) in [6.07, 6.45) is 5.75. The number of halogens is 1. The van der Waals surface area contributed by atoms with Crippen molar-refractivity contribution in [1.29, 1.82) is 0 Å². The molecule has 25 heavy (non-hydrogen) atoms. The van der Waals surface area contributed by atoms with Crippen LogP contribution in [0.4, 0.5) is 17.1 Å². The van der Waals surface area contributed by atoms with Crippen molar-refractivity contribution in [3.05, 3.63) is 58.2 Å². The van der Waals surface area contributed by atoms with E-state index in [2.05, 4.69) is 38.4 Å². The Balaban J connectivity index is 1.76. The predicted octanol–water partition coefficient (Wildman–Crippen LogP) is 4.94. The van der Waals surface area contributed by atoms with Gasteiger partial charge in [0.05, 0.1) is 23.1 Å². The molecule has 3 N–H and O–H groups in total. The number of anilines is 3. The Morgan fingerprint density at radius 3 is 2.96 bits per heavy atom. The van der Waals surface area contributed by atoms with Gasteiger partial charge in [0.25, 0.3) is 0 Å². The highest BCUT2D eigenvalue weighted by atomic mass is 79.9. The molecular weight excluding hydrogens is 378 g/mol. The summed E-state index contributed by atoms with van der Waals surface area (Å²) >= 11 is 3.51. The van der Waals surface area contributed by atoms with Gasteiger partial charge in [-0.15, -0.1) is 0 Å². The van der Waals surface area contributed by atoms with Crippen LogP contribution in [0.2, 0.25) is 0 Å². The third-order valence-corrected chi connectivity index (χ3v) is 5.29. The van der Waals surface area contributed by atoms with Crippen molar-refractivity contribution >= 4 is 50.2 Å². The zero-order valence-corrected chi connectivity index (χ0v) is 15.2. The van der Waals surface area contributed by atoms with E-state index in [0.29, 0.717) is 5.69 Å². The number of rotatable bonds is 3. The quantitative estimate of drug-likeness (QED) is 0.616. The molecule has 0 saturated heterocycles. The largest absolute Gasteiger partial charge is 0.396 e. The molecule has 1 aromatic heterocycles. The highest BCUT2D eigenvalue weighted by molar-refractivity contribution is 9.10. The van der Waals surface area contributed by atoms with E-state index in [4.69, 9.17) is 5.73 Å². The number of nitrogens with one attached hydrogen (secondary N) is 1. The number of nitrogens with zero attached hydrogens (tertiary/aromatic N) is 1. The Kier molecular flexibility index (Phi) is 4.17. The number of carbonyl (C=O) groups is 1. The number of nitrogen functional groups attached to an aromatic ring is 1. The van der Waals surface area contributed by atoms with Crippen LogP contribution in [0.15, 0.2) is 47.1 Å². The van der Waals surface area contributed by atoms with E-state index in [1.807, 2.05) is 24.3 Å². The van der Waals surface area contributed by atoms with Gasteiger partial charge in [-0.25, -0.2) is 0 Å². The van der Waals surface area contributed by atoms with Gasteiger partial charge in [-0.2, -0.15) is 0 Å². The van der Waals surface area contributed by atoms with Crippen molar-refractivity contribution in [3.8, 4) is 0 Å². The number of aromatic nitrogens is 1. The number of nitrogens with two attached hydrogens (primary N) is 1. The minimum atomic E-state index is 0.0283. The van der Waals surface area contributed by atoms with Crippen LogP contribution in [-0.4, -0.2) is 11.3 Å². The second-order valence-corrected chi connectivity index (χ2v) is 7.34. The number of fused-ring (bicyclic) bond motifs is 2. The van der Waals surface area contributed by atoms with E-state index in [-0.39, 0.29) is 5.92 Å². The Labute approximate surface area is 154 Å². The molecule has 0 fully saturated rings. The second kappa shape index (κ2) is 6.48. The SMILES string of the molecule is Nc1cnc2ccc(Br)cc2c1Nc1ccc2c(c1)CCCC2C=O. The maximum absolute atomic E-state index is 11.3. The summed E-state index contributed by atoms with van der Waals surface area (Å²) in [6.45, 7) is 0. The zero-order valence-electron chi connectivity index (χ0n) is 13.6. The van der Waals surface area contributed by atoms with Gasteiger partial charge < -0.3 is 15.8 Å². The summed E-state index contributed by atoms with van der Waals surface area (Å²) in [5, 5.41) is 4.42. The fourth-order valence-electron chi connectivity index (χ4n) is 3.54. The highest BCUT2D eigenvalue weighted by Crippen LogP contribution is 2.35. The smallest absolute Gasteiger partial charge is 0.127 e. The fraction of sp³-hybridized carbons (Fsp3) is 0.200. The first-order valence-corrected chi connectivity index (χ1v) is 9.14. The van der Waals surface area contributed by atoms with Crippen LogP contribution in [0.5, 0.6) is 0 Å². The molecule has 1 aliphatic rings. The third-order valence-electron chi connectivity index (χ3n) is 4.80. The highest BCUT2D eigenvalue weighted by Gasteiger charge is 2.20. The van der Waals surface area contributed by atoms with Gasteiger partial charge in [-0.3, -0.25) is 4.98 Å². The van der Waals surface area contributed by atoms with Crippen molar-refractivity contribution in [1.82, 2.24) is 4.98 Å². The number of carbonyl (C=O) groups excluding carboxylic acids is 1. The lowest BCUT2D eigenvalue weighted by atomic mass is 9.83. The summed E-state index contributed by atoms with van der Waals surface area (Å²) < 4.78 is 0.981. The minimum Gasteiger partial charge on any atom is -0.396 e. The van der Waals surface area contributed by atoms with E-state index in [1.165, 1.54) is 5.56 Å². The third kappa shape index (κ3) is 3.00. The average molecular weight is 396 g/mol. The summed E-state index contributed by atoms with van der Waals surface area (Å²) in [4.78, 5) is 15.7. The van der Waals surface area contributed by atoms with Crippen molar-refractivity contribution in [2.75, 3.05) is 11.1 Å². The van der Waals surface area contributed by atoms with E-state index in [1.54, 1.807) is 6.20 Å². The molecule has 126 valence electrons. The Hall–Kier alpha value is -2.40. The van der Waals surface area contributed by atoms with Crippen LogP contribution in [0.25, 0.3) is 10.9 Å². The Bertz CT molecular complexity index is 965. The molecule has 0 aliphatic heterocycles. The summed E-state index contributed by atoms with van der Waals surface area (Å²) in [6, 6.07) is 12.2. The van der Waals surface area contributed by atoms with Crippen LogP contribution in [0, 0.1) is 0 Å². The van der Waals surface area contributed by atoms with E-state index in [9.17, 15) is 4.79 Å². The number of hydrogen-bond acceptors (Lipinski definition) is 4. The average Bonchev–Trinajstić information content (AvgIpc) is 2.63. The van der Waals surface area contributed by atoms with Gasteiger partial charge in [0, 0.05) is 21.5 Å². The molecular formula is C20H18BrN3O. The maximum Gasteiger partial charge on any atom is 0.127 e. The Morgan fingerprint density at radius 1 is 1.24 bits per heavy atom. The van der Waals surface area contributed by atoms with Gasteiger partial charge >= 0.3 is 0 Å². The van der Waals surface area contributed by atoms with Gasteiger partial charge in [-0.05, 0) is 60.7 Å². The summed E-state index contributed by atoms with van der Waals surface area (Å²) in [7, 11) is 0. The molecule has 1 aliphatic carbocycles. The van der Waals surface area contributed by atoms with Crippen LogP contribution in [0.3, 0.4) is 0 Å². The van der Waals surface area contributed by atoms with Crippen LogP contribution in [-0.2, 0) is 11.2 Å². The predicted molar refractivity (Wildman–Crippen MR) is 105 cm³/mol. The van der Waals surface area contributed by atoms with Crippen LogP contribution < -0.4 is 11.1 Å². The van der Waals surface area contributed by atoms with Crippen molar-refractivity contribution < 1.29 is 4.79 Å². The molecule has 0 saturated carbocycles. The molecule has 5 heteroatoms. The van der Waals surface area contributed by atoms with Crippen LogP contribution in [0.1, 0.15) is 29.9 Å². The molecule has 1 unspecified atom stereocenters. The first kappa shape index (κ1) is 16.1. The summed E-state index contributed by atoms with van der Waals surface area (Å²) in [5.41, 5.74) is 11.9. The number of benzene rings is 2. The number of aryl methyl sites for hydroxylation is 1. The van der Waals surface area contributed by atoms with Gasteiger partial charge in [0.15, 0.2) is 0 Å². The molecule has 1 heterocycles. The summed E-state index contributed by atoms with van der Waals surface area (Å²) in [5.74, 6) is 0.0283. The molecule has 4 rings (SSSR count). The van der Waals surface area contributed by atoms with Gasteiger partial charge in [-0.1, -0.05) is 22.0 Å². The molecule has 3 aromatic rings. The van der Waals surface area contributed by atoms with E-state index >= 15 is 0 Å². The fourth-order valence-corrected chi connectivity index (χ4v) is 3.90. The zero-order chi connectivity index (χ0) is 17.4. The lowest BCUT2D eigenvalue weighted by Gasteiger charge is -2.22. The van der Waals surface area contributed by atoms with Crippen molar-refractivity contribution in [2.45, 2.75) is 25.2 Å². The standard InChI is InChI=1S/C20H18BrN3O/c21-14-4-7-19-17(9-14)20(18(22)10-23-19)24-15-5-6-16-12(8-15)2-1-3-13(16)11-25/h4-11,13H,1-3,22H2,(H,23,24). The minimum absolute atomic E-state index is 0.0283. The lowest BCUT2D eigenvalue weighted by molar-refractivity contribution is -0.109. The lowest BCUT2D eigenvalue weighted by Crippen LogP contribution is -2.11. The number of hydrogen-bond donors (Lipinski definition) is 2. The van der Waals surface area contributed by atoms with Crippen molar-refractivity contribution in [2.24, 2.45) is 0 Å². The number of pyridine rings is 1. The molecule has 0 radical (unpaired) electrons. The monoisotopic (exact) mass is 395 g/mol. The van der Waals surface area contributed by atoms with Gasteiger partial charge in [0.1, 0.15) is 6.29 Å². The molecule has 0 bridgehead atoms. The Morgan fingerprint density at radius 2 is 2.12 bits per heavy atom. The van der Waals surface area contributed by atoms with Crippen molar-refractivity contribution in [3.63, 3.8) is 0 Å².